The van der Waals surface area contributed by atoms with E-state index in [1.54, 1.807) is 0 Å². The Balaban J connectivity index is 2.23. The third kappa shape index (κ3) is 1.23. The molecule has 76 valence electrons. The average molecular weight is 200 g/mol. The number of hydrogen-bond acceptors (Lipinski definition) is 2. The van der Waals surface area contributed by atoms with Gasteiger partial charge in [-0.3, -0.25) is 0 Å². The lowest BCUT2D eigenvalue weighted by molar-refractivity contribution is 0.346. The molecule has 1 aliphatic rings. The molecular formula is C12H12N2O. The summed E-state index contributed by atoms with van der Waals surface area (Å²) in [6.07, 6.45) is 0. The number of rotatable bonds is 1. The second-order valence-electron chi connectivity index (χ2n) is 3.68. The van der Waals surface area contributed by atoms with Crippen molar-refractivity contribution in [1.82, 2.24) is 4.57 Å². The Hall–Kier alpha value is -1.77. The quantitative estimate of drug-likeness (QED) is 0.691. The molecule has 0 saturated carbocycles. The summed E-state index contributed by atoms with van der Waals surface area (Å²) in [5.74, 6) is 0.772. The molecule has 0 radical (unpaired) electrons. The summed E-state index contributed by atoms with van der Waals surface area (Å²) in [6, 6.07) is 10.4. The van der Waals surface area contributed by atoms with Gasteiger partial charge in [0.15, 0.2) is 0 Å². The summed E-state index contributed by atoms with van der Waals surface area (Å²) >= 11 is 0. The van der Waals surface area contributed by atoms with E-state index in [4.69, 9.17) is 4.74 Å². The number of para-hydroxylation sites is 1. The van der Waals surface area contributed by atoms with Gasteiger partial charge in [-0.25, -0.2) is 4.99 Å². The van der Waals surface area contributed by atoms with Gasteiger partial charge in [0, 0.05) is 18.0 Å². The Labute approximate surface area is 88.0 Å². The molecule has 0 atom stereocenters. The second kappa shape index (κ2) is 3.12. The molecule has 1 aromatic heterocycles. The fraction of sp³-hybridized carbons (Fsp3) is 0.250. The van der Waals surface area contributed by atoms with Crippen LogP contribution in [0.5, 0.6) is 0 Å². The highest BCUT2D eigenvalue weighted by Crippen LogP contribution is 2.20. The monoisotopic (exact) mass is 200 g/mol. The Morgan fingerprint density at radius 2 is 2.20 bits per heavy atom. The van der Waals surface area contributed by atoms with Crippen LogP contribution in [0.15, 0.2) is 35.3 Å². The molecule has 0 aliphatic carbocycles. The Bertz CT molecular complexity index is 540. The first-order chi connectivity index (χ1) is 7.36. The number of aryl methyl sites for hydroxylation is 1. The molecule has 2 aromatic rings. The maximum absolute atomic E-state index is 5.48. The minimum absolute atomic E-state index is 0.705. The first-order valence-corrected chi connectivity index (χ1v) is 5.08. The first-order valence-electron chi connectivity index (χ1n) is 5.08. The van der Waals surface area contributed by atoms with Crippen molar-refractivity contribution in [3.8, 4) is 0 Å². The first kappa shape index (κ1) is 8.53. The van der Waals surface area contributed by atoms with E-state index >= 15 is 0 Å². The van der Waals surface area contributed by atoms with Gasteiger partial charge in [0.05, 0.1) is 6.54 Å². The molecule has 1 aromatic carbocycles. The lowest BCUT2D eigenvalue weighted by atomic mass is 10.2. The lowest BCUT2D eigenvalue weighted by Gasteiger charge is -2.03. The smallest absolute Gasteiger partial charge is 0.233 e. The number of aromatic nitrogens is 1. The van der Waals surface area contributed by atoms with Crippen LogP contribution in [0.25, 0.3) is 10.9 Å². The van der Waals surface area contributed by atoms with E-state index in [0.717, 1.165) is 18.1 Å². The zero-order valence-electron chi connectivity index (χ0n) is 8.60. The van der Waals surface area contributed by atoms with Gasteiger partial charge in [-0.15, -0.1) is 0 Å². The molecular weight excluding hydrogens is 188 g/mol. The zero-order valence-corrected chi connectivity index (χ0v) is 8.60. The molecule has 0 amide bonds. The van der Waals surface area contributed by atoms with Crippen molar-refractivity contribution in [3.05, 3.63) is 36.0 Å². The zero-order chi connectivity index (χ0) is 10.3. The largest absolute Gasteiger partial charge is 0.474 e. The summed E-state index contributed by atoms with van der Waals surface area (Å²) in [5, 5.41) is 1.23. The van der Waals surface area contributed by atoms with Gasteiger partial charge >= 0.3 is 0 Å². The number of nitrogens with zero attached hydrogens (tertiary/aromatic N) is 2. The molecule has 0 saturated heterocycles. The van der Waals surface area contributed by atoms with Crippen molar-refractivity contribution in [2.75, 3.05) is 13.2 Å². The summed E-state index contributed by atoms with van der Waals surface area (Å²) in [7, 11) is 2.04. The molecule has 3 nitrogen and oxygen atoms in total. The highest BCUT2D eigenvalue weighted by Gasteiger charge is 2.15. The molecule has 0 bridgehead atoms. The molecule has 3 heteroatoms. The van der Waals surface area contributed by atoms with Gasteiger partial charge in [-0.05, 0) is 12.1 Å². The van der Waals surface area contributed by atoms with Crippen LogP contribution in [0.3, 0.4) is 0 Å². The number of fused-ring (bicyclic) bond motifs is 1. The molecule has 0 unspecified atom stereocenters. The normalized spacial score (nSPS) is 15.4. The maximum Gasteiger partial charge on any atom is 0.233 e. The van der Waals surface area contributed by atoms with E-state index in [2.05, 4.69) is 27.8 Å². The van der Waals surface area contributed by atoms with Crippen LogP contribution < -0.4 is 0 Å². The second-order valence-corrected chi connectivity index (χ2v) is 3.68. The molecule has 0 fully saturated rings. The number of aliphatic imine (C=N–C) groups is 1. The van der Waals surface area contributed by atoms with E-state index in [1.165, 1.54) is 10.9 Å². The van der Waals surface area contributed by atoms with Crippen LogP contribution in [-0.4, -0.2) is 23.6 Å². The van der Waals surface area contributed by atoms with Gasteiger partial charge in [0.25, 0.3) is 0 Å². The fourth-order valence-corrected chi connectivity index (χ4v) is 1.98. The average Bonchev–Trinajstić information content (AvgIpc) is 2.87. The van der Waals surface area contributed by atoms with E-state index in [1.807, 2.05) is 19.2 Å². The van der Waals surface area contributed by atoms with Crippen molar-refractivity contribution >= 4 is 16.8 Å². The highest BCUT2D eigenvalue weighted by atomic mass is 16.5. The topological polar surface area (TPSA) is 26.5 Å². The minimum Gasteiger partial charge on any atom is -0.474 e. The molecule has 3 rings (SSSR count). The SMILES string of the molecule is Cn1c(C2=NCCO2)cc2ccccc21. The van der Waals surface area contributed by atoms with E-state index in [-0.39, 0.29) is 0 Å². The van der Waals surface area contributed by atoms with Gasteiger partial charge in [0.2, 0.25) is 5.90 Å². The Morgan fingerprint density at radius 1 is 1.33 bits per heavy atom. The summed E-state index contributed by atoms with van der Waals surface area (Å²) < 4.78 is 7.60. The molecule has 15 heavy (non-hydrogen) atoms. The summed E-state index contributed by atoms with van der Waals surface area (Å²) in [4.78, 5) is 4.34. The number of benzene rings is 1. The van der Waals surface area contributed by atoms with E-state index in [9.17, 15) is 0 Å². The van der Waals surface area contributed by atoms with Crippen molar-refractivity contribution in [3.63, 3.8) is 0 Å². The maximum atomic E-state index is 5.48. The van der Waals surface area contributed by atoms with Crippen molar-refractivity contribution in [2.45, 2.75) is 0 Å². The van der Waals surface area contributed by atoms with Crippen LogP contribution >= 0.6 is 0 Å². The predicted octanol–water partition coefficient (Wildman–Crippen LogP) is 1.96. The molecule has 0 N–H and O–H groups in total. The van der Waals surface area contributed by atoms with Crippen LogP contribution in [-0.2, 0) is 11.8 Å². The van der Waals surface area contributed by atoms with Crippen LogP contribution in [0.2, 0.25) is 0 Å². The molecule has 1 aliphatic heterocycles. The Kier molecular flexibility index (Phi) is 1.78. The lowest BCUT2D eigenvalue weighted by Crippen LogP contribution is -2.06. The third-order valence-electron chi connectivity index (χ3n) is 2.76. The van der Waals surface area contributed by atoms with E-state index in [0.29, 0.717) is 6.61 Å². The van der Waals surface area contributed by atoms with Crippen LogP contribution in [0.1, 0.15) is 5.69 Å². The van der Waals surface area contributed by atoms with Gasteiger partial charge < -0.3 is 9.30 Å². The van der Waals surface area contributed by atoms with Crippen molar-refractivity contribution < 1.29 is 4.74 Å². The number of hydrogen-bond donors (Lipinski definition) is 0. The molecule has 0 spiro atoms. The van der Waals surface area contributed by atoms with Gasteiger partial charge in [-0.2, -0.15) is 0 Å². The Morgan fingerprint density at radius 3 is 2.93 bits per heavy atom. The standard InChI is InChI=1S/C12H12N2O/c1-14-10-5-3-2-4-9(10)8-11(14)12-13-6-7-15-12/h2-5,8H,6-7H2,1H3. The van der Waals surface area contributed by atoms with Crippen molar-refractivity contribution in [1.29, 1.82) is 0 Å². The van der Waals surface area contributed by atoms with E-state index < -0.39 is 0 Å². The highest BCUT2D eigenvalue weighted by molar-refractivity contribution is 5.99. The summed E-state index contributed by atoms with van der Waals surface area (Å²) in [6.45, 7) is 1.48. The van der Waals surface area contributed by atoms with Gasteiger partial charge in [0.1, 0.15) is 12.3 Å². The van der Waals surface area contributed by atoms with Crippen LogP contribution in [0.4, 0.5) is 0 Å². The number of ether oxygens (including phenoxy) is 1. The van der Waals surface area contributed by atoms with Gasteiger partial charge in [-0.1, -0.05) is 18.2 Å². The fourth-order valence-electron chi connectivity index (χ4n) is 1.98. The minimum atomic E-state index is 0.705. The van der Waals surface area contributed by atoms with Crippen molar-refractivity contribution in [2.24, 2.45) is 12.0 Å². The molecule has 2 heterocycles. The predicted molar refractivity (Wildman–Crippen MR) is 60.3 cm³/mol. The summed E-state index contributed by atoms with van der Waals surface area (Å²) in [5.41, 5.74) is 2.28. The third-order valence-corrected chi connectivity index (χ3v) is 2.76. The van der Waals surface area contributed by atoms with Crippen LogP contribution in [0, 0.1) is 0 Å².